The molecule has 30 heavy (non-hydrogen) atoms. The highest BCUT2D eigenvalue weighted by Crippen LogP contribution is 2.47. The molecule has 0 amide bonds. The van der Waals surface area contributed by atoms with Crippen LogP contribution in [0, 0.1) is 18.3 Å². The van der Waals surface area contributed by atoms with Gasteiger partial charge in [-0.05, 0) is 31.7 Å². The van der Waals surface area contributed by atoms with Crippen LogP contribution in [0.3, 0.4) is 0 Å². The number of nitrogens with zero attached hydrogens (tertiary/aromatic N) is 6. The van der Waals surface area contributed by atoms with E-state index in [1.165, 1.54) is 35.3 Å². The van der Waals surface area contributed by atoms with E-state index in [0.717, 1.165) is 35.9 Å². The number of hydrogen-bond acceptors (Lipinski definition) is 6. The predicted octanol–water partition coefficient (Wildman–Crippen LogP) is 4.21. The summed E-state index contributed by atoms with van der Waals surface area (Å²) in [5.74, 6) is 1.71. The molecule has 0 bridgehead atoms. The molecule has 0 radical (unpaired) electrons. The zero-order valence-corrected chi connectivity index (χ0v) is 19.5. The third kappa shape index (κ3) is 3.23. The Morgan fingerprint density at radius 3 is 2.67 bits per heavy atom. The highest BCUT2D eigenvalue weighted by Gasteiger charge is 2.50. The number of aromatic nitrogens is 4. The molecule has 2 fully saturated rings. The van der Waals surface area contributed by atoms with Crippen molar-refractivity contribution in [2.75, 3.05) is 31.1 Å². The van der Waals surface area contributed by atoms with E-state index in [0.29, 0.717) is 17.4 Å². The van der Waals surface area contributed by atoms with E-state index >= 15 is 0 Å². The lowest BCUT2D eigenvalue weighted by Crippen LogP contribution is -2.59. The Morgan fingerprint density at radius 2 is 2.00 bits per heavy atom. The van der Waals surface area contributed by atoms with E-state index < -0.39 is 0 Å². The maximum atomic E-state index is 4.70. The molecule has 7 heteroatoms. The molecular weight excluding hydrogens is 392 g/mol. The van der Waals surface area contributed by atoms with Gasteiger partial charge in [0, 0.05) is 61.3 Å². The van der Waals surface area contributed by atoms with Gasteiger partial charge in [0.2, 0.25) is 0 Å². The summed E-state index contributed by atoms with van der Waals surface area (Å²) in [6.45, 7) is 13.5. The fourth-order valence-corrected chi connectivity index (χ4v) is 6.52. The maximum absolute atomic E-state index is 4.70. The lowest BCUT2D eigenvalue weighted by Gasteiger charge is -2.52. The number of thiophene rings is 1. The van der Waals surface area contributed by atoms with Gasteiger partial charge in [0.25, 0.3) is 0 Å². The SMILES string of the molecule is CCc1cc2c(N3CCC4(C3)CN(C(c3cn(C)nc3C)C(C)C)C4)ncnc2s1. The number of aryl methyl sites for hydroxylation is 3. The van der Waals surface area contributed by atoms with Gasteiger partial charge in [0.1, 0.15) is 17.0 Å². The molecule has 0 N–H and O–H groups in total. The van der Waals surface area contributed by atoms with Crippen LogP contribution in [0.4, 0.5) is 5.82 Å². The topological polar surface area (TPSA) is 50.1 Å². The second-order valence-corrected chi connectivity index (χ2v) is 10.7. The summed E-state index contributed by atoms with van der Waals surface area (Å²) >= 11 is 1.80. The van der Waals surface area contributed by atoms with Crippen LogP contribution in [0.1, 0.15) is 49.4 Å². The Labute approximate surface area is 182 Å². The lowest BCUT2D eigenvalue weighted by atomic mass is 9.76. The Kier molecular flexibility index (Phi) is 4.86. The van der Waals surface area contributed by atoms with Crippen molar-refractivity contribution in [3.05, 3.63) is 34.7 Å². The highest BCUT2D eigenvalue weighted by molar-refractivity contribution is 7.18. The van der Waals surface area contributed by atoms with Gasteiger partial charge >= 0.3 is 0 Å². The molecular formula is C23H32N6S. The van der Waals surface area contributed by atoms with Gasteiger partial charge in [0.15, 0.2) is 0 Å². The molecule has 1 spiro atoms. The summed E-state index contributed by atoms with van der Waals surface area (Å²) in [7, 11) is 2.02. The Morgan fingerprint density at radius 1 is 1.20 bits per heavy atom. The van der Waals surface area contributed by atoms with E-state index in [2.05, 4.69) is 59.8 Å². The molecule has 160 valence electrons. The lowest BCUT2D eigenvalue weighted by molar-refractivity contribution is -0.0323. The molecule has 2 aliphatic rings. The van der Waals surface area contributed by atoms with Crippen LogP contribution in [0.25, 0.3) is 10.2 Å². The summed E-state index contributed by atoms with van der Waals surface area (Å²) in [5, 5.41) is 5.84. The molecule has 5 heterocycles. The number of rotatable bonds is 5. The summed E-state index contributed by atoms with van der Waals surface area (Å²) in [5.41, 5.74) is 2.95. The van der Waals surface area contributed by atoms with Crippen LogP contribution in [-0.2, 0) is 13.5 Å². The minimum Gasteiger partial charge on any atom is -0.355 e. The zero-order valence-electron chi connectivity index (χ0n) is 18.7. The molecule has 2 saturated heterocycles. The van der Waals surface area contributed by atoms with Gasteiger partial charge in [0.05, 0.1) is 11.1 Å². The first-order valence-corrected chi connectivity index (χ1v) is 11.9. The molecule has 0 saturated carbocycles. The highest BCUT2D eigenvalue weighted by atomic mass is 32.1. The van der Waals surface area contributed by atoms with E-state index in [1.807, 2.05) is 11.7 Å². The van der Waals surface area contributed by atoms with Crippen LogP contribution >= 0.6 is 11.3 Å². The van der Waals surface area contributed by atoms with Gasteiger partial charge < -0.3 is 4.90 Å². The Hall–Kier alpha value is -1.99. The Bertz CT molecular complexity index is 1060. The second kappa shape index (κ2) is 7.31. The van der Waals surface area contributed by atoms with Crippen molar-refractivity contribution in [2.24, 2.45) is 18.4 Å². The van der Waals surface area contributed by atoms with Gasteiger partial charge in [-0.25, -0.2) is 9.97 Å². The first-order valence-electron chi connectivity index (χ1n) is 11.1. The predicted molar refractivity (Wildman–Crippen MR) is 123 cm³/mol. The minimum atomic E-state index is 0.393. The molecule has 0 aliphatic carbocycles. The van der Waals surface area contributed by atoms with E-state index in [1.54, 1.807) is 17.7 Å². The van der Waals surface area contributed by atoms with Crippen molar-refractivity contribution in [3.63, 3.8) is 0 Å². The van der Waals surface area contributed by atoms with Crippen molar-refractivity contribution in [2.45, 2.75) is 46.6 Å². The van der Waals surface area contributed by atoms with Gasteiger partial charge in [-0.3, -0.25) is 9.58 Å². The molecule has 1 atom stereocenters. The summed E-state index contributed by atoms with van der Waals surface area (Å²) in [6.07, 6.45) is 6.26. The van der Waals surface area contributed by atoms with E-state index in [4.69, 9.17) is 4.98 Å². The van der Waals surface area contributed by atoms with Crippen LogP contribution in [0.15, 0.2) is 18.6 Å². The normalized spacial score (nSPS) is 19.9. The minimum absolute atomic E-state index is 0.393. The first kappa shape index (κ1) is 19.9. The van der Waals surface area contributed by atoms with E-state index in [-0.39, 0.29) is 0 Å². The van der Waals surface area contributed by atoms with Gasteiger partial charge in [-0.1, -0.05) is 20.8 Å². The third-order valence-electron chi connectivity index (χ3n) is 6.92. The molecule has 3 aromatic rings. The number of hydrogen-bond donors (Lipinski definition) is 0. The van der Waals surface area contributed by atoms with Crippen molar-refractivity contribution in [1.82, 2.24) is 24.6 Å². The fourth-order valence-electron chi connectivity index (χ4n) is 5.59. The second-order valence-electron chi connectivity index (χ2n) is 9.59. The number of anilines is 1. The molecule has 3 aromatic heterocycles. The average molecular weight is 425 g/mol. The number of likely N-dealkylation sites (tertiary alicyclic amines) is 1. The standard InChI is InChI=1S/C23H32N6S/c1-6-17-9-18-21(24-14-25-22(18)30-17)28-8-7-23(11-28)12-29(13-23)20(15(2)3)19-10-27(5)26-16(19)4/h9-10,14-15,20H,6-8,11-13H2,1-5H3. The first-order chi connectivity index (χ1) is 14.4. The molecule has 2 aliphatic heterocycles. The average Bonchev–Trinajstić information content (AvgIpc) is 3.37. The maximum Gasteiger partial charge on any atom is 0.140 e. The van der Waals surface area contributed by atoms with Crippen LogP contribution in [0.2, 0.25) is 0 Å². The monoisotopic (exact) mass is 424 g/mol. The third-order valence-corrected chi connectivity index (χ3v) is 8.11. The van der Waals surface area contributed by atoms with Crippen LogP contribution in [0.5, 0.6) is 0 Å². The van der Waals surface area contributed by atoms with Gasteiger partial charge in [-0.2, -0.15) is 5.10 Å². The van der Waals surface area contributed by atoms with Crippen molar-refractivity contribution < 1.29 is 0 Å². The number of fused-ring (bicyclic) bond motifs is 1. The van der Waals surface area contributed by atoms with Crippen LogP contribution < -0.4 is 4.90 Å². The summed E-state index contributed by atoms with van der Waals surface area (Å²) in [6, 6.07) is 2.75. The smallest absolute Gasteiger partial charge is 0.140 e. The summed E-state index contributed by atoms with van der Waals surface area (Å²) < 4.78 is 1.96. The molecule has 0 aromatic carbocycles. The zero-order chi connectivity index (χ0) is 21.0. The largest absolute Gasteiger partial charge is 0.355 e. The van der Waals surface area contributed by atoms with Gasteiger partial charge in [-0.15, -0.1) is 11.3 Å². The van der Waals surface area contributed by atoms with E-state index in [9.17, 15) is 0 Å². The molecule has 5 rings (SSSR count). The quantitative estimate of drug-likeness (QED) is 0.614. The summed E-state index contributed by atoms with van der Waals surface area (Å²) in [4.78, 5) is 16.9. The molecule has 6 nitrogen and oxygen atoms in total. The van der Waals surface area contributed by atoms with Crippen molar-refractivity contribution in [1.29, 1.82) is 0 Å². The molecule has 1 unspecified atom stereocenters. The van der Waals surface area contributed by atoms with Crippen molar-refractivity contribution in [3.8, 4) is 0 Å². The fraction of sp³-hybridized carbons (Fsp3) is 0.609. The van der Waals surface area contributed by atoms with Crippen molar-refractivity contribution >= 4 is 27.4 Å². The Balaban J connectivity index is 1.34. The van der Waals surface area contributed by atoms with Crippen LogP contribution in [-0.4, -0.2) is 50.8 Å².